The van der Waals surface area contributed by atoms with Crippen LogP contribution in [0.3, 0.4) is 0 Å². The van der Waals surface area contributed by atoms with Crippen molar-refractivity contribution in [2.24, 2.45) is 0 Å². The fraction of sp³-hybridized carbons (Fsp3) is 0. The van der Waals surface area contributed by atoms with Crippen molar-refractivity contribution in [3.8, 4) is 0 Å². The van der Waals surface area contributed by atoms with Gasteiger partial charge in [-0.1, -0.05) is 0 Å². The zero-order valence-electron chi connectivity index (χ0n) is 8.26. The number of carbonyl (C=O) groups excluding carboxylic acids is 1. The zero-order valence-corrected chi connectivity index (χ0v) is 8.26. The van der Waals surface area contributed by atoms with Gasteiger partial charge in [0, 0.05) is 0 Å². The molecule has 0 saturated carbocycles. The first-order chi connectivity index (χ1) is 6.91. The van der Waals surface area contributed by atoms with Crippen LogP contribution in [0.5, 0.6) is 0 Å². The second-order valence-electron chi connectivity index (χ2n) is 2.70. The predicted molar refractivity (Wildman–Crippen MR) is 44.7 cm³/mol. The average Bonchev–Trinajstić information content (AvgIpc) is 2.16. The van der Waals surface area contributed by atoms with E-state index in [9.17, 15) is 19.5 Å². The summed E-state index contributed by atoms with van der Waals surface area (Å²) in [7, 11) is 0. The number of hydrogen-bond donors (Lipinski definition) is 2. The van der Waals surface area contributed by atoms with Crippen LogP contribution in [0.15, 0.2) is 18.2 Å². The van der Waals surface area contributed by atoms with Crippen LogP contribution in [0.4, 0.5) is 0 Å². The molecule has 7 heteroatoms. The Kier molecular flexibility index (Phi) is 4.76. The molecule has 0 atom stereocenters. The van der Waals surface area contributed by atoms with Crippen molar-refractivity contribution in [2.75, 3.05) is 0 Å². The Bertz CT molecular complexity index is 374. The normalized spacial score (nSPS) is 9.00. The van der Waals surface area contributed by atoms with Crippen LogP contribution in [0.1, 0.15) is 31.1 Å². The third kappa shape index (κ3) is 3.12. The molecule has 2 N–H and O–H groups in total. The number of rotatable bonds is 3. The molecule has 0 radical (unpaired) electrons. The van der Waals surface area contributed by atoms with Gasteiger partial charge in [-0.15, -0.1) is 0 Å². The molecule has 0 aliphatic rings. The van der Waals surface area contributed by atoms with Crippen molar-refractivity contribution in [3.63, 3.8) is 0 Å². The zero-order chi connectivity index (χ0) is 11.6. The third-order valence-corrected chi connectivity index (χ3v) is 1.66. The number of carboxylic acid groups (broad SMARTS) is 3. The van der Waals surface area contributed by atoms with Crippen molar-refractivity contribution in [1.82, 2.24) is 0 Å². The molecule has 6 nitrogen and oxygen atoms in total. The molecule has 1 rings (SSSR count). The summed E-state index contributed by atoms with van der Waals surface area (Å²) in [4.78, 5) is 31.5. The van der Waals surface area contributed by atoms with Gasteiger partial charge in [-0.05, 0) is 23.8 Å². The van der Waals surface area contributed by atoms with Crippen LogP contribution in [0, 0.1) is 0 Å². The molecule has 0 amide bonds. The third-order valence-electron chi connectivity index (χ3n) is 1.66. The molecule has 0 aliphatic carbocycles. The molecule has 0 aromatic heterocycles. The van der Waals surface area contributed by atoms with E-state index in [-0.39, 0.29) is 18.9 Å². The number of aromatic carboxylic acids is 3. The maximum Gasteiger partial charge on any atom is 1.00 e. The van der Waals surface area contributed by atoms with Crippen molar-refractivity contribution < 1.29 is 48.6 Å². The molecular weight excluding hydrogens is 211 g/mol. The largest absolute Gasteiger partial charge is 1.00 e. The molecule has 0 spiro atoms. The summed E-state index contributed by atoms with van der Waals surface area (Å²) in [5.41, 5.74) is -1.30. The maximum atomic E-state index is 10.5. The Morgan fingerprint density at radius 3 is 1.44 bits per heavy atom. The van der Waals surface area contributed by atoms with E-state index in [0.717, 1.165) is 18.2 Å². The van der Waals surface area contributed by atoms with Crippen LogP contribution >= 0.6 is 0 Å². The Balaban J connectivity index is 0.00000225. The van der Waals surface area contributed by atoms with Crippen LogP contribution in [-0.4, -0.2) is 28.1 Å². The summed E-state index contributed by atoms with van der Waals surface area (Å²) in [6.07, 6.45) is 0. The van der Waals surface area contributed by atoms with Crippen molar-refractivity contribution >= 4 is 17.9 Å². The van der Waals surface area contributed by atoms with Crippen molar-refractivity contribution in [3.05, 3.63) is 34.9 Å². The Labute approximate surface area is 102 Å². The van der Waals surface area contributed by atoms with Gasteiger partial charge in [-0.25, -0.2) is 9.59 Å². The Morgan fingerprint density at radius 1 is 0.875 bits per heavy atom. The van der Waals surface area contributed by atoms with Crippen molar-refractivity contribution in [1.29, 1.82) is 0 Å². The monoisotopic (exact) mass is 216 g/mol. The first kappa shape index (κ1) is 14.2. The van der Waals surface area contributed by atoms with Gasteiger partial charge in [0.15, 0.2) is 0 Å². The Morgan fingerprint density at radius 2 is 1.19 bits per heavy atom. The van der Waals surface area contributed by atoms with E-state index in [1.54, 1.807) is 0 Å². The second kappa shape index (κ2) is 5.35. The smallest absolute Gasteiger partial charge is 0.545 e. The summed E-state index contributed by atoms with van der Waals surface area (Å²) in [6.45, 7) is 0. The van der Waals surface area contributed by atoms with Crippen LogP contribution in [-0.2, 0) is 0 Å². The van der Waals surface area contributed by atoms with E-state index in [2.05, 4.69) is 0 Å². The van der Waals surface area contributed by atoms with E-state index in [1.165, 1.54) is 0 Å². The van der Waals surface area contributed by atoms with Crippen molar-refractivity contribution in [2.45, 2.75) is 0 Å². The summed E-state index contributed by atoms with van der Waals surface area (Å²) < 4.78 is 0. The minimum atomic E-state index is -1.62. The fourth-order valence-electron chi connectivity index (χ4n) is 0.992. The van der Waals surface area contributed by atoms with E-state index in [4.69, 9.17) is 10.2 Å². The molecule has 0 heterocycles. The number of carbonyl (C=O) groups is 3. The van der Waals surface area contributed by atoms with Gasteiger partial charge in [-0.3, -0.25) is 0 Å². The minimum Gasteiger partial charge on any atom is -0.545 e. The molecular formula is C9H5LiO6. The molecule has 1 aromatic rings. The van der Waals surface area contributed by atoms with Gasteiger partial charge in [0.2, 0.25) is 0 Å². The second-order valence-corrected chi connectivity index (χ2v) is 2.70. The molecule has 0 unspecified atom stereocenters. The summed E-state index contributed by atoms with van der Waals surface area (Å²) >= 11 is 0. The number of hydrogen-bond acceptors (Lipinski definition) is 4. The van der Waals surface area contributed by atoms with Gasteiger partial charge in [-0.2, -0.15) is 0 Å². The predicted octanol–water partition coefficient (Wildman–Crippen LogP) is -3.55. The van der Waals surface area contributed by atoms with Crippen LogP contribution < -0.4 is 24.0 Å². The first-order valence-electron chi connectivity index (χ1n) is 3.75. The van der Waals surface area contributed by atoms with Gasteiger partial charge in [0.1, 0.15) is 0 Å². The fourth-order valence-corrected chi connectivity index (χ4v) is 0.992. The van der Waals surface area contributed by atoms with E-state index >= 15 is 0 Å². The molecule has 0 bridgehead atoms. The molecule has 1 aromatic carbocycles. The summed E-state index contributed by atoms with van der Waals surface area (Å²) in [5.74, 6) is -4.43. The van der Waals surface area contributed by atoms with E-state index in [1.807, 2.05) is 0 Å². The standard InChI is InChI=1S/C9H6O6.Li/c10-7(11)4-1-5(8(12)13)3-6(2-4)9(14)15;/h1-3H,(H,10,11)(H,12,13)(H,14,15);/q;+1/p-1. The van der Waals surface area contributed by atoms with E-state index < -0.39 is 34.6 Å². The average molecular weight is 216 g/mol. The SMILES string of the molecule is O=C([O-])c1cc(C(=O)O)cc(C(=O)O)c1.[Li+]. The summed E-state index contributed by atoms with van der Waals surface area (Å²) in [5, 5.41) is 27.6. The number of benzene rings is 1. The molecule has 78 valence electrons. The van der Waals surface area contributed by atoms with Gasteiger partial charge >= 0.3 is 30.8 Å². The molecule has 16 heavy (non-hydrogen) atoms. The first-order valence-corrected chi connectivity index (χ1v) is 3.75. The minimum absolute atomic E-state index is 0. The molecule has 0 saturated heterocycles. The maximum absolute atomic E-state index is 10.5. The van der Waals surface area contributed by atoms with Crippen LogP contribution in [0.2, 0.25) is 0 Å². The Hall–Kier alpha value is -1.77. The van der Waals surface area contributed by atoms with Gasteiger partial charge in [0.05, 0.1) is 17.1 Å². The van der Waals surface area contributed by atoms with Gasteiger partial charge in [0.25, 0.3) is 0 Å². The quantitative estimate of drug-likeness (QED) is 0.505. The van der Waals surface area contributed by atoms with E-state index in [0.29, 0.717) is 0 Å². The summed E-state index contributed by atoms with van der Waals surface area (Å²) in [6, 6.07) is 2.55. The topological polar surface area (TPSA) is 115 Å². The number of carboxylic acids is 3. The molecule has 0 aliphatic heterocycles. The molecule has 0 fully saturated rings. The van der Waals surface area contributed by atoms with Gasteiger partial charge < -0.3 is 20.1 Å². The van der Waals surface area contributed by atoms with Crippen LogP contribution in [0.25, 0.3) is 0 Å².